The van der Waals surface area contributed by atoms with Crippen LogP contribution in [0.4, 0.5) is 0 Å². The molecule has 15 nitrogen and oxygen atoms in total. The number of hydrogen-bond acceptors (Lipinski definition) is 13. The van der Waals surface area contributed by atoms with Gasteiger partial charge in [0.15, 0.2) is 11.9 Å². The van der Waals surface area contributed by atoms with Gasteiger partial charge in [0.25, 0.3) is 0 Å². The first kappa shape index (κ1) is 35.7. The molecule has 1 fully saturated rings. The number of rotatable bonds is 9. The van der Waals surface area contributed by atoms with Crippen molar-refractivity contribution < 1.29 is 74.9 Å². The molecule has 1 aliphatic carbocycles. The fourth-order valence-corrected chi connectivity index (χ4v) is 6.34. The number of carbonyl (C=O) groups excluding carboxylic acids is 1. The summed E-state index contributed by atoms with van der Waals surface area (Å²) in [5, 5.41) is 103. The molecule has 0 bridgehead atoms. The topological polar surface area (TPSA) is 272 Å². The van der Waals surface area contributed by atoms with Gasteiger partial charge in [-0.2, -0.15) is 0 Å². The number of allylic oxidation sites excluding steroid dienone is 3. The maximum absolute atomic E-state index is 13.1. The average Bonchev–Trinajstić information content (AvgIpc) is 3.04. The van der Waals surface area contributed by atoms with Crippen LogP contribution in [-0.2, 0) is 14.3 Å². The highest BCUT2D eigenvalue weighted by molar-refractivity contribution is 6.09. The molecule has 10 N–H and O–H groups in total. The molecule has 1 heterocycles. The second-order valence-corrected chi connectivity index (χ2v) is 12.1. The third kappa shape index (κ3) is 6.93. The summed E-state index contributed by atoms with van der Waals surface area (Å²) in [6.07, 6.45) is -5.49. The zero-order chi connectivity index (χ0) is 36.6. The molecule has 3 aromatic carbocycles. The van der Waals surface area contributed by atoms with Gasteiger partial charge in [0, 0.05) is 35.1 Å². The second-order valence-electron chi connectivity index (χ2n) is 12.1. The number of carboxylic acid groups (broad SMARTS) is 2. The van der Waals surface area contributed by atoms with Crippen LogP contribution in [0.5, 0.6) is 34.5 Å². The zero-order valence-corrected chi connectivity index (χ0v) is 26.2. The van der Waals surface area contributed by atoms with Crippen LogP contribution >= 0.6 is 0 Å². The summed E-state index contributed by atoms with van der Waals surface area (Å²) in [5.41, 5.74) is 0.415. The Morgan fingerprint density at radius 1 is 0.820 bits per heavy atom. The smallest absolute Gasteiger partial charge is 0.335 e. The minimum Gasteiger partial charge on any atom is -0.508 e. The van der Waals surface area contributed by atoms with E-state index in [0.717, 1.165) is 30.3 Å². The number of ketones is 1. The lowest BCUT2D eigenvalue weighted by Crippen LogP contribution is -2.61. The molecular weight excluding hydrogens is 660 g/mol. The third-order valence-electron chi connectivity index (χ3n) is 8.80. The van der Waals surface area contributed by atoms with Crippen molar-refractivity contribution >= 4 is 23.8 Å². The molecule has 0 radical (unpaired) electrons. The summed E-state index contributed by atoms with van der Waals surface area (Å²) >= 11 is 0. The van der Waals surface area contributed by atoms with E-state index in [4.69, 9.17) is 9.47 Å². The van der Waals surface area contributed by atoms with E-state index in [1.165, 1.54) is 36.4 Å². The van der Waals surface area contributed by atoms with Crippen LogP contribution in [0.2, 0.25) is 0 Å². The number of aromatic hydroxyl groups is 5. The Morgan fingerprint density at radius 3 is 2.18 bits per heavy atom. The molecule has 8 atom stereocenters. The van der Waals surface area contributed by atoms with Crippen molar-refractivity contribution in [2.45, 2.75) is 55.9 Å². The minimum atomic E-state index is -1.95. The normalized spacial score (nSPS) is 26.7. The molecular formula is C35H34O15. The molecule has 264 valence electrons. The van der Waals surface area contributed by atoms with Crippen LogP contribution in [-0.4, -0.2) is 99.5 Å². The van der Waals surface area contributed by atoms with Gasteiger partial charge in [-0.15, -0.1) is 0 Å². The quantitative estimate of drug-likeness (QED) is 0.0874. The highest BCUT2D eigenvalue weighted by Crippen LogP contribution is 2.52. The minimum absolute atomic E-state index is 0.119. The Morgan fingerprint density at radius 2 is 1.54 bits per heavy atom. The van der Waals surface area contributed by atoms with E-state index in [0.29, 0.717) is 5.57 Å². The summed E-state index contributed by atoms with van der Waals surface area (Å²) in [4.78, 5) is 37.4. The van der Waals surface area contributed by atoms with Crippen LogP contribution in [0, 0.1) is 5.92 Å². The van der Waals surface area contributed by atoms with Crippen LogP contribution < -0.4 is 4.74 Å². The molecule has 3 aromatic rings. The van der Waals surface area contributed by atoms with Crippen molar-refractivity contribution in [3.05, 3.63) is 88.5 Å². The molecule has 2 aliphatic rings. The molecule has 8 unspecified atom stereocenters. The van der Waals surface area contributed by atoms with E-state index in [1.807, 2.05) is 0 Å². The number of ether oxygens (including phenoxy) is 2. The summed E-state index contributed by atoms with van der Waals surface area (Å²) < 4.78 is 10.6. The van der Waals surface area contributed by atoms with E-state index in [-0.39, 0.29) is 45.9 Å². The lowest BCUT2D eigenvalue weighted by atomic mass is 9.67. The SMILES string of the molecule is CC1=CC(c2c(O)ccc(C(=O)/C=C/c3ccc(O)cc3O)c2O)C(C(=O)O)C(c2ccc(OC3OC(C(=O)O)C(O)C(O)C3O)cc2O)C1. The largest absolute Gasteiger partial charge is 0.508 e. The summed E-state index contributed by atoms with van der Waals surface area (Å²) in [7, 11) is 0. The van der Waals surface area contributed by atoms with Crippen molar-refractivity contribution in [1.82, 2.24) is 0 Å². The Hall–Kier alpha value is -5.61. The number of hydrogen-bond donors (Lipinski definition) is 10. The van der Waals surface area contributed by atoms with Crippen LogP contribution in [0.15, 0.2) is 66.3 Å². The summed E-state index contributed by atoms with van der Waals surface area (Å²) in [6, 6.07) is 9.69. The first-order chi connectivity index (χ1) is 23.6. The molecule has 0 saturated carbocycles. The second kappa shape index (κ2) is 14.1. The first-order valence-corrected chi connectivity index (χ1v) is 15.2. The third-order valence-corrected chi connectivity index (χ3v) is 8.80. The Kier molecular flexibility index (Phi) is 10.1. The maximum Gasteiger partial charge on any atom is 0.335 e. The van der Waals surface area contributed by atoms with Crippen molar-refractivity contribution in [3.8, 4) is 34.5 Å². The fraction of sp³-hybridized carbons (Fsp3) is 0.286. The molecule has 5 rings (SSSR count). The molecule has 15 heteroatoms. The van der Waals surface area contributed by atoms with Crippen molar-refractivity contribution in [2.75, 3.05) is 0 Å². The van der Waals surface area contributed by atoms with Gasteiger partial charge in [-0.25, -0.2) is 4.79 Å². The molecule has 1 aliphatic heterocycles. The predicted octanol–water partition coefficient (Wildman–Crippen LogP) is 2.30. The van der Waals surface area contributed by atoms with Crippen LogP contribution in [0.25, 0.3) is 6.08 Å². The van der Waals surface area contributed by atoms with E-state index >= 15 is 0 Å². The molecule has 0 amide bonds. The van der Waals surface area contributed by atoms with Gasteiger partial charge in [0.05, 0.1) is 11.5 Å². The van der Waals surface area contributed by atoms with Crippen LogP contribution in [0.3, 0.4) is 0 Å². The molecule has 1 saturated heterocycles. The van der Waals surface area contributed by atoms with Gasteiger partial charge in [-0.3, -0.25) is 9.59 Å². The number of carboxylic acids is 2. The molecule has 0 spiro atoms. The molecule has 50 heavy (non-hydrogen) atoms. The van der Waals surface area contributed by atoms with E-state index in [9.17, 15) is 65.4 Å². The maximum atomic E-state index is 13.1. The van der Waals surface area contributed by atoms with Gasteiger partial charge < -0.3 is 60.5 Å². The van der Waals surface area contributed by atoms with E-state index in [2.05, 4.69) is 0 Å². The number of aliphatic hydroxyl groups is 3. The number of aliphatic carboxylic acids is 2. The number of carbonyl (C=O) groups is 3. The lowest BCUT2D eigenvalue weighted by Gasteiger charge is -2.38. The van der Waals surface area contributed by atoms with Gasteiger partial charge >= 0.3 is 11.9 Å². The average molecular weight is 695 g/mol. The summed E-state index contributed by atoms with van der Waals surface area (Å²) in [6.45, 7) is 1.68. The lowest BCUT2D eigenvalue weighted by molar-refractivity contribution is -0.271. The fourth-order valence-electron chi connectivity index (χ4n) is 6.34. The van der Waals surface area contributed by atoms with Crippen molar-refractivity contribution in [3.63, 3.8) is 0 Å². The highest BCUT2D eigenvalue weighted by Gasteiger charge is 2.48. The Balaban J connectivity index is 1.45. The monoisotopic (exact) mass is 694 g/mol. The Labute approximate surface area is 283 Å². The van der Waals surface area contributed by atoms with E-state index in [1.54, 1.807) is 6.92 Å². The molecule has 0 aromatic heterocycles. The highest BCUT2D eigenvalue weighted by atomic mass is 16.7. The van der Waals surface area contributed by atoms with Crippen LogP contribution in [0.1, 0.15) is 52.2 Å². The Bertz CT molecular complexity index is 1880. The number of benzene rings is 3. The predicted molar refractivity (Wildman–Crippen MR) is 171 cm³/mol. The van der Waals surface area contributed by atoms with E-state index < -0.39 is 83.4 Å². The van der Waals surface area contributed by atoms with Gasteiger partial charge in [-0.1, -0.05) is 17.7 Å². The van der Waals surface area contributed by atoms with Crippen molar-refractivity contribution in [2.24, 2.45) is 5.92 Å². The van der Waals surface area contributed by atoms with Gasteiger partial charge in [0.1, 0.15) is 52.8 Å². The first-order valence-electron chi connectivity index (χ1n) is 15.2. The number of aliphatic hydroxyl groups excluding tert-OH is 3. The number of phenols is 5. The van der Waals surface area contributed by atoms with Gasteiger partial charge in [-0.05, 0) is 61.4 Å². The van der Waals surface area contributed by atoms with Gasteiger partial charge in [0.2, 0.25) is 6.29 Å². The van der Waals surface area contributed by atoms with Crippen molar-refractivity contribution in [1.29, 1.82) is 0 Å². The zero-order valence-electron chi connectivity index (χ0n) is 26.2. The number of phenolic OH excluding ortho intramolecular Hbond substituents is 5. The summed E-state index contributed by atoms with van der Waals surface area (Å²) in [5.74, 6) is -9.59. The standard InChI is InChI=1S/C35H34O15/c1-14-10-20(18-6-5-17(13-25(18)40)49-35-31(44)29(42)30(43)32(50-35)34(47)48)26(33(45)46)21(11-14)27-23(38)9-7-19(28(27)41)22(37)8-3-15-2-4-16(36)12-24(15)39/h2-9,11-13,20-21,26,29-32,35-36,38-44H,10H2,1H3,(H,45,46)(H,47,48)/b8-3+.